The van der Waals surface area contributed by atoms with Crippen LogP contribution in [0, 0.1) is 5.92 Å². The lowest BCUT2D eigenvalue weighted by Crippen LogP contribution is -2.30. The molecule has 0 aliphatic heterocycles. The van der Waals surface area contributed by atoms with E-state index in [9.17, 15) is 0 Å². The molecule has 80 valence electrons. The molecule has 0 radical (unpaired) electrons. The van der Waals surface area contributed by atoms with E-state index in [4.69, 9.17) is 0 Å². The van der Waals surface area contributed by atoms with Crippen molar-refractivity contribution in [1.29, 1.82) is 0 Å². The second-order valence-corrected chi connectivity index (χ2v) is 4.65. The van der Waals surface area contributed by atoms with E-state index in [1.807, 2.05) is 0 Å². The third-order valence-electron chi connectivity index (χ3n) is 2.78. The number of unbranched alkanes of at least 4 members (excludes halogenated alkanes) is 1. The molecule has 0 rings (SSSR count). The summed E-state index contributed by atoms with van der Waals surface area (Å²) in [6, 6.07) is 0.758. The third-order valence-corrected chi connectivity index (χ3v) is 2.78. The minimum atomic E-state index is 0.758. The van der Waals surface area contributed by atoms with E-state index >= 15 is 0 Å². The monoisotopic (exact) mass is 185 g/mol. The molecule has 1 atom stereocenters. The fourth-order valence-corrected chi connectivity index (χ4v) is 1.42. The zero-order valence-corrected chi connectivity index (χ0v) is 10.1. The van der Waals surface area contributed by atoms with Crippen LogP contribution in [0.1, 0.15) is 53.4 Å². The van der Waals surface area contributed by atoms with Crippen molar-refractivity contribution in [3.63, 3.8) is 0 Å². The first kappa shape index (κ1) is 13.0. The first-order valence-electron chi connectivity index (χ1n) is 5.78. The third kappa shape index (κ3) is 7.06. The molecule has 13 heavy (non-hydrogen) atoms. The molecule has 0 N–H and O–H groups in total. The molecule has 0 aromatic rings. The maximum Gasteiger partial charge on any atom is 0.00639 e. The van der Waals surface area contributed by atoms with Gasteiger partial charge in [0.15, 0.2) is 0 Å². The Kier molecular flexibility index (Phi) is 7.35. The van der Waals surface area contributed by atoms with E-state index < -0.39 is 0 Å². The molecule has 0 heterocycles. The lowest BCUT2D eigenvalue weighted by atomic mass is 10.0. The second kappa shape index (κ2) is 7.37. The van der Waals surface area contributed by atoms with Gasteiger partial charge in [-0.1, -0.05) is 27.2 Å². The molecule has 0 aromatic heterocycles. The maximum atomic E-state index is 2.49. The summed E-state index contributed by atoms with van der Waals surface area (Å²) in [6.45, 7) is 10.5. The number of hydrogen-bond donors (Lipinski definition) is 0. The van der Waals surface area contributed by atoms with Gasteiger partial charge in [0.05, 0.1) is 0 Å². The first-order chi connectivity index (χ1) is 6.07. The van der Waals surface area contributed by atoms with Crippen molar-refractivity contribution in [2.75, 3.05) is 13.6 Å². The molecule has 0 bridgehead atoms. The van der Waals surface area contributed by atoms with E-state index in [0.29, 0.717) is 0 Å². The smallest absolute Gasteiger partial charge is 0.00639 e. The van der Waals surface area contributed by atoms with Gasteiger partial charge >= 0.3 is 0 Å². The Morgan fingerprint density at radius 1 is 1.08 bits per heavy atom. The van der Waals surface area contributed by atoms with E-state index in [1.165, 1.54) is 32.2 Å². The summed E-state index contributed by atoms with van der Waals surface area (Å²) in [5.41, 5.74) is 0. The molecule has 0 unspecified atom stereocenters. The Bertz CT molecular complexity index is 110. The normalized spacial score (nSPS) is 14.1. The van der Waals surface area contributed by atoms with Crippen LogP contribution >= 0.6 is 0 Å². The van der Waals surface area contributed by atoms with Crippen molar-refractivity contribution in [3.05, 3.63) is 0 Å². The topological polar surface area (TPSA) is 3.24 Å². The standard InChI is InChI=1S/C12H27N/c1-6-7-10-13(5)12(4)9-8-11(2)3/h11-12H,6-10H2,1-5H3/t12-/m1/s1. The molecule has 1 heteroatoms. The molecule has 0 amide bonds. The van der Waals surface area contributed by atoms with Crippen molar-refractivity contribution < 1.29 is 0 Å². The summed E-state index contributed by atoms with van der Waals surface area (Å²) in [7, 11) is 2.25. The predicted octanol–water partition coefficient (Wildman–Crippen LogP) is 3.54. The number of hydrogen-bond acceptors (Lipinski definition) is 1. The van der Waals surface area contributed by atoms with Gasteiger partial charge in [0.25, 0.3) is 0 Å². The first-order valence-corrected chi connectivity index (χ1v) is 5.78. The SMILES string of the molecule is CCCCN(C)[C@H](C)CCC(C)C. The fraction of sp³-hybridized carbons (Fsp3) is 1.00. The minimum absolute atomic E-state index is 0.758. The summed E-state index contributed by atoms with van der Waals surface area (Å²) in [5, 5.41) is 0. The molecule has 0 saturated carbocycles. The van der Waals surface area contributed by atoms with Gasteiger partial charge in [-0.2, -0.15) is 0 Å². The zero-order valence-electron chi connectivity index (χ0n) is 10.1. The number of nitrogens with zero attached hydrogens (tertiary/aromatic N) is 1. The Balaban J connectivity index is 3.50. The summed E-state index contributed by atoms with van der Waals surface area (Å²) < 4.78 is 0. The highest BCUT2D eigenvalue weighted by atomic mass is 15.1. The van der Waals surface area contributed by atoms with E-state index in [2.05, 4.69) is 39.6 Å². The van der Waals surface area contributed by atoms with E-state index in [1.54, 1.807) is 0 Å². The fourth-order valence-electron chi connectivity index (χ4n) is 1.42. The Hall–Kier alpha value is -0.0400. The van der Waals surface area contributed by atoms with Gasteiger partial charge in [-0.3, -0.25) is 0 Å². The van der Waals surface area contributed by atoms with Crippen LogP contribution in [0.4, 0.5) is 0 Å². The highest BCUT2D eigenvalue weighted by molar-refractivity contribution is 4.64. The maximum absolute atomic E-state index is 2.49. The highest BCUT2D eigenvalue weighted by Gasteiger charge is 2.08. The molecule has 0 spiro atoms. The van der Waals surface area contributed by atoms with Crippen LogP contribution in [-0.4, -0.2) is 24.5 Å². The van der Waals surface area contributed by atoms with Gasteiger partial charge < -0.3 is 4.90 Å². The molecule has 0 aliphatic rings. The van der Waals surface area contributed by atoms with Crippen LogP contribution in [0.25, 0.3) is 0 Å². The molecule has 0 fully saturated rings. The van der Waals surface area contributed by atoms with Crippen LogP contribution < -0.4 is 0 Å². The molecule has 0 saturated heterocycles. The van der Waals surface area contributed by atoms with Gasteiger partial charge in [-0.15, -0.1) is 0 Å². The van der Waals surface area contributed by atoms with E-state index in [-0.39, 0.29) is 0 Å². The van der Waals surface area contributed by atoms with Crippen molar-refractivity contribution in [1.82, 2.24) is 4.90 Å². The highest BCUT2D eigenvalue weighted by Crippen LogP contribution is 2.10. The Labute approximate surface area is 84.5 Å². The largest absolute Gasteiger partial charge is 0.304 e. The van der Waals surface area contributed by atoms with Gasteiger partial charge in [0.2, 0.25) is 0 Å². The summed E-state index contributed by atoms with van der Waals surface area (Å²) in [5.74, 6) is 0.849. The lowest BCUT2D eigenvalue weighted by molar-refractivity contribution is 0.233. The minimum Gasteiger partial charge on any atom is -0.304 e. The van der Waals surface area contributed by atoms with Gasteiger partial charge in [0.1, 0.15) is 0 Å². The summed E-state index contributed by atoms with van der Waals surface area (Å²) in [4.78, 5) is 2.49. The molecule has 1 nitrogen and oxygen atoms in total. The van der Waals surface area contributed by atoms with Crippen molar-refractivity contribution in [2.45, 2.75) is 59.4 Å². The van der Waals surface area contributed by atoms with Crippen LogP contribution in [0.5, 0.6) is 0 Å². The van der Waals surface area contributed by atoms with Gasteiger partial charge in [0, 0.05) is 6.04 Å². The quantitative estimate of drug-likeness (QED) is 0.586. The second-order valence-electron chi connectivity index (χ2n) is 4.65. The molecular weight excluding hydrogens is 158 g/mol. The average Bonchev–Trinajstić information content (AvgIpc) is 2.10. The van der Waals surface area contributed by atoms with E-state index in [0.717, 1.165) is 12.0 Å². The van der Waals surface area contributed by atoms with Crippen molar-refractivity contribution in [3.8, 4) is 0 Å². The Morgan fingerprint density at radius 3 is 2.15 bits per heavy atom. The van der Waals surface area contributed by atoms with Crippen LogP contribution in [0.3, 0.4) is 0 Å². The van der Waals surface area contributed by atoms with Gasteiger partial charge in [-0.25, -0.2) is 0 Å². The van der Waals surface area contributed by atoms with Crippen LogP contribution in [0.2, 0.25) is 0 Å². The lowest BCUT2D eigenvalue weighted by Gasteiger charge is -2.25. The molecular formula is C12H27N. The Morgan fingerprint density at radius 2 is 1.69 bits per heavy atom. The van der Waals surface area contributed by atoms with Crippen LogP contribution in [-0.2, 0) is 0 Å². The average molecular weight is 185 g/mol. The zero-order chi connectivity index (χ0) is 10.3. The summed E-state index contributed by atoms with van der Waals surface area (Å²) >= 11 is 0. The van der Waals surface area contributed by atoms with Crippen molar-refractivity contribution >= 4 is 0 Å². The molecule has 0 aromatic carbocycles. The van der Waals surface area contributed by atoms with Crippen LogP contribution in [0.15, 0.2) is 0 Å². The van der Waals surface area contributed by atoms with Gasteiger partial charge in [-0.05, 0) is 45.7 Å². The molecule has 0 aliphatic carbocycles. The number of rotatable bonds is 7. The van der Waals surface area contributed by atoms with Crippen molar-refractivity contribution in [2.24, 2.45) is 5.92 Å². The predicted molar refractivity (Wildman–Crippen MR) is 61.1 cm³/mol. The summed E-state index contributed by atoms with van der Waals surface area (Å²) in [6.07, 6.45) is 5.35.